The first-order chi connectivity index (χ1) is 7.24. The molecule has 3 nitrogen and oxygen atoms in total. The van der Waals surface area contributed by atoms with Gasteiger partial charge in [-0.2, -0.15) is 0 Å². The van der Waals surface area contributed by atoms with Gasteiger partial charge in [0.15, 0.2) is 0 Å². The fraction of sp³-hybridized carbons (Fsp3) is 0.750. The van der Waals surface area contributed by atoms with Crippen LogP contribution in [0.4, 0.5) is 0 Å². The van der Waals surface area contributed by atoms with E-state index in [0.717, 1.165) is 18.9 Å². The van der Waals surface area contributed by atoms with Crippen LogP contribution >= 0.6 is 0 Å². The lowest BCUT2D eigenvalue weighted by Crippen LogP contribution is -2.25. The normalized spacial score (nSPS) is 13.0. The average molecular weight is 209 g/mol. The van der Waals surface area contributed by atoms with Crippen LogP contribution in [0.2, 0.25) is 0 Å². The molecule has 1 aromatic rings. The minimum Gasteiger partial charge on any atom is -0.335 e. The Morgan fingerprint density at radius 3 is 2.87 bits per heavy atom. The smallest absolute Gasteiger partial charge is 0.105 e. The van der Waals surface area contributed by atoms with Gasteiger partial charge in [0.05, 0.1) is 0 Å². The topological polar surface area (TPSA) is 29.9 Å². The van der Waals surface area contributed by atoms with Gasteiger partial charge in [-0.1, -0.05) is 13.3 Å². The monoisotopic (exact) mass is 209 g/mol. The lowest BCUT2D eigenvalue weighted by Gasteiger charge is -2.11. The highest BCUT2D eigenvalue weighted by atomic mass is 15.0. The maximum atomic E-state index is 4.21. The van der Waals surface area contributed by atoms with Gasteiger partial charge in [0.1, 0.15) is 5.82 Å². The van der Waals surface area contributed by atoms with E-state index in [9.17, 15) is 0 Å². The molecule has 1 unspecified atom stereocenters. The number of unbranched alkanes of at least 4 members (excludes halogenated alkanes) is 1. The standard InChI is InChI=1S/C12H23N3/c1-4-13-11(2)7-5-6-9-15-10-8-14-12(15)3/h8,10-11,13H,4-7,9H2,1-3H3. The van der Waals surface area contributed by atoms with Gasteiger partial charge in [-0.15, -0.1) is 0 Å². The van der Waals surface area contributed by atoms with Crippen LogP contribution < -0.4 is 5.32 Å². The third kappa shape index (κ3) is 4.47. The second kappa shape index (κ2) is 6.62. The molecule has 1 atom stereocenters. The van der Waals surface area contributed by atoms with E-state index in [2.05, 4.69) is 41.8 Å². The van der Waals surface area contributed by atoms with Gasteiger partial charge >= 0.3 is 0 Å². The highest BCUT2D eigenvalue weighted by Crippen LogP contribution is 2.04. The van der Waals surface area contributed by atoms with Crippen LogP contribution in [0, 0.1) is 6.92 Å². The quantitative estimate of drug-likeness (QED) is 0.699. The molecule has 0 radical (unpaired) electrons. The van der Waals surface area contributed by atoms with Crippen molar-refractivity contribution in [2.75, 3.05) is 6.54 Å². The average Bonchev–Trinajstić information content (AvgIpc) is 2.60. The molecule has 86 valence electrons. The summed E-state index contributed by atoms with van der Waals surface area (Å²) in [6.07, 6.45) is 7.72. The Balaban J connectivity index is 2.09. The Morgan fingerprint density at radius 2 is 2.27 bits per heavy atom. The number of aromatic nitrogens is 2. The van der Waals surface area contributed by atoms with Crippen molar-refractivity contribution in [1.82, 2.24) is 14.9 Å². The molecule has 0 aliphatic rings. The van der Waals surface area contributed by atoms with E-state index in [1.165, 1.54) is 19.3 Å². The number of hydrogen-bond acceptors (Lipinski definition) is 2. The van der Waals surface area contributed by atoms with Crippen LogP contribution in [0.25, 0.3) is 0 Å². The van der Waals surface area contributed by atoms with Gasteiger partial charge in [0.2, 0.25) is 0 Å². The molecule has 0 bridgehead atoms. The lowest BCUT2D eigenvalue weighted by molar-refractivity contribution is 0.483. The summed E-state index contributed by atoms with van der Waals surface area (Å²) in [5, 5.41) is 3.43. The van der Waals surface area contributed by atoms with Crippen molar-refractivity contribution < 1.29 is 0 Å². The van der Waals surface area contributed by atoms with E-state index in [-0.39, 0.29) is 0 Å². The third-order valence-electron chi connectivity index (χ3n) is 2.76. The summed E-state index contributed by atoms with van der Waals surface area (Å²) in [6, 6.07) is 0.652. The molecule has 0 saturated heterocycles. The molecule has 0 spiro atoms. The van der Waals surface area contributed by atoms with E-state index in [1.54, 1.807) is 0 Å². The second-order valence-electron chi connectivity index (χ2n) is 4.12. The van der Waals surface area contributed by atoms with Crippen molar-refractivity contribution in [3.8, 4) is 0 Å². The molecule has 1 N–H and O–H groups in total. The summed E-state index contributed by atoms with van der Waals surface area (Å²) in [4.78, 5) is 4.21. The van der Waals surface area contributed by atoms with E-state index in [4.69, 9.17) is 0 Å². The van der Waals surface area contributed by atoms with Crippen LogP contribution in [0.5, 0.6) is 0 Å². The molecular formula is C12H23N3. The van der Waals surface area contributed by atoms with Crippen LogP contribution in [0.1, 0.15) is 38.9 Å². The SMILES string of the molecule is CCNC(C)CCCCn1ccnc1C. The Kier molecular flexibility index (Phi) is 5.40. The lowest BCUT2D eigenvalue weighted by atomic mass is 10.1. The van der Waals surface area contributed by atoms with Gasteiger partial charge in [0, 0.05) is 25.0 Å². The highest BCUT2D eigenvalue weighted by molar-refractivity contribution is 4.87. The molecule has 0 amide bonds. The summed E-state index contributed by atoms with van der Waals surface area (Å²) in [5.41, 5.74) is 0. The first-order valence-corrected chi connectivity index (χ1v) is 5.95. The van der Waals surface area contributed by atoms with Crippen LogP contribution in [0.15, 0.2) is 12.4 Å². The molecular weight excluding hydrogens is 186 g/mol. The van der Waals surface area contributed by atoms with E-state index >= 15 is 0 Å². The van der Waals surface area contributed by atoms with Gasteiger partial charge in [0.25, 0.3) is 0 Å². The van der Waals surface area contributed by atoms with Gasteiger partial charge < -0.3 is 9.88 Å². The minimum atomic E-state index is 0.652. The molecule has 1 rings (SSSR count). The largest absolute Gasteiger partial charge is 0.335 e. The van der Waals surface area contributed by atoms with Gasteiger partial charge in [-0.25, -0.2) is 4.98 Å². The Bertz CT molecular complexity index is 268. The highest BCUT2D eigenvalue weighted by Gasteiger charge is 2.00. The number of nitrogens with zero attached hydrogens (tertiary/aromatic N) is 2. The molecule has 0 fully saturated rings. The molecule has 0 aliphatic carbocycles. The zero-order valence-corrected chi connectivity index (χ0v) is 10.2. The Morgan fingerprint density at radius 1 is 1.47 bits per heavy atom. The first-order valence-electron chi connectivity index (χ1n) is 5.95. The molecule has 15 heavy (non-hydrogen) atoms. The van der Waals surface area contributed by atoms with Crippen molar-refractivity contribution in [3.63, 3.8) is 0 Å². The number of imidazole rings is 1. The third-order valence-corrected chi connectivity index (χ3v) is 2.76. The van der Waals surface area contributed by atoms with E-state index in [0.29, 0.717) is 6.04 Å². The maximum absolute atomic E-state index is 4.21. The van der Waals surface area contributed by atoms with Crippen molar-refractivity contribution in [1.29, 1.82) is 0 Å². The summed E-state index contributed by atoms with van der Waals surface area (Å²) in [6.45, 7) is 8.64. The Hall–Kier alpha value is -0.830. The summed E-state index contributed by atoms with van der Waals surface area (Å²) >= 11 is 0. The second-order valence-corrected chi connectivity index (χ2v) is 4.12. The summed E-state index contributed by atoms with van der Waals surface area (Å²) < 4.78 is 2.22. The predicted molar refractivity (Wildman–Crippen MR) is 64.0 cm³/mol. The van der Waals surface area contributed by atoms with E-state index in [1.807, 2.05) is 6.20 Å². The van der Waals surface area contributed by atoms with E-state index < -0.39 is 0 Å². The number of nitrogens with one attached hydrogen (secondary N) is 1. The zero-order valence-electron chi connectivity index (χ0n) is 10.2. The summed E-state index contributed by atoms with van der Waals surface area (Å²) in [7, 11) is 0. The Labute approximate surface area is 92.9 Å². The van der Waals surface area contributed by atoms with Crippen molar-refractivity contribution >= 4 is 0 Å². The van der Waals surface area contributed by atoms with Gasteiger partial charge in [-0.3, -0.25) is 0 Å². The van der Waals surface area contributed by atoms with Crippen molar-refractivity contribution in [3.05, 3.63) is 18.2 Å². The molecule has 0 aliphatic heterocycles. The van der Waals surface area contributed by atoms with Gasteiger partial charge in [-0.05, 0) is 33.2 Å². The fourth-order valence-electron chi connectivity index (χ4n) is 1.82. The fourth-order valence-corrected chi connectivity index (χ4v) is 1.82. The maximum Gasteiger partial charge on any atom is 0.105 e. The molecule has 3 heteroatoms. The minimum absolute atomic E-state index is 0.652. The molecule has 0 saturated carbocycles. The van der Waals surface area contributed by atoms with Crippen LogP contribution in [-0.4, -0.2) is 22.1 Å². The molecule has 0 aromatic carbocycles. The number of rotatable bonds is 7. The molecule has 1 heterocycles. The predicted octanol–water partition coefficient (Wildman–Crippen LogP) is 2.36. The van der Waals surface area contributed by atoms with Crippen LogP contribution in [0.3, 0.4) is 0 Å². The zero-order chi connectivity index (χ0) is 11.1. The van der Waals surface area contributed by atoms with Crippen LogP contribution in [-0.2, 0) is 6.54 Å². The van der Waals surface area contributed by atoms with Crippen molar-refractivity contribution in [2.45, 2.75) is 52.6 Å². The first kappa shape index (κ1) is 12.2. The molecule has 1 aromatic heterocycles. The number of aryl methyl sites for hydroxylation is 2. The number of hydrogen-bond donors (Lipinski definition) is 1. The van der Waals surface area contributed by atoms with Crippen molar-refractivity contribution in [2.24, 2.45) is 0 Å². The summed E-state index contributed by atoms with van der Waals surface area (Å²) in [5.74, 6) is 1.12.